The smallest absolute Gasteiger partial charge is 0.304 e. The molecule has 4 aromatic heterocycles. The van der Waals surface area contributed by atoms with E-state index in [1.165, 1.54) is 105 Å². The molecule has 0 spiro atoms. The molecule has 66 heavy (non-hydrogen) atoms. The highest BCUT2D eigenvalue weighted by molar-refractivity contribution is 6.89. The van der Waals surface area contributed by atoms with Crippen molar-refractivity contribution < 1.29 is 13.4 Å². The molecule has 10 aromatic rings. The van der Waals surface area contributed by atoms with Gasteiger partial charge in [-0.25, -0.2) is 0 Å². The Balaban J connectivity index is 1.27. The standard InChI is InChI=1S/C61H61N3OSi/c1-35(2)28-41-32-50-42-22-14-15-23-43(42)56-51(62(50)34-54(41)66(8,9)10)33-52-57(56)47-29-38(7)55-44-24-16-19-27-53(44)65-60(55)58(47)61-63(52)48-25-17-18-26-49(48)64(61)59-45(36(3)4)30-40(31-46(59)37(5)6)39-20-12-11-13-21-39/h11-27,29-32,34-37,51,56H,28,33H2,1-10H3/q+2. The first-order valence-electron chi connectivity index (χ1n) is 24.5. The molecule has 328 valence electrons. The number of imidazole rings is 1. The maximum Gasteiger partial charge on any atom is 0.304 e. The maximum absolute atomic E-state index is 7.27. The van der Waals surface area contributed by atoms with E-state index in [0.717, 1.165) is 24.0 Å². The third kappa shape index (κ3) is 5.94. The van der Waals surface area contributed by atoms with Crippen LogP contribution in [0.3, 0.4) is 0 Å². The lowest BCUT2D eigenvalue weighted by Crippen LogP contribution is -2.53. The molecule has 0 radical (unpaired) electrons. The van der Waals surface area contributed by atoms with Gasteiger partial charge in [0.1, 0.15) is 22.4 Å². The van der Waals surface area contributed by atoms with Gasteiger partial charge in [0.25, 0.3) is 0 Å². The van der Waals surface area contributed by atoms with Gasteiger partial charge in [0.15, 0.2) is 28.9 Å². The minimum Gasteiger partial charge on any atom is -0.455 e. The van der Waals surface area contributed by atoms with E-state index in [-0.39, 0.29) is 23.8 Å². The predicted molar refractivity (Wildman–Crippen MR) is 278 cm³/mol. The van der Waals surface area contributed by atoms with Crippen molar-refractivity contribution in [3.05, 3.63) is 173 Å². The Bertz CT molecular complexity index is 3610. The average molecular weight is 880 g/mol. The van der Waals surface area contributed by atoms with Crippen LogP contribution < -0.4 is 14.2 Å². The molecule has 5 heteroatoms. The first kappa shape index (κ1) is 41.2. The van der Waals surface area contributed by atoms with Gasteiger partial charge in [-0.15, -0.1) is 0 Å². The second-order valence-electron chi connectivity index (χ2n) is 21.6. The molecule has 1 aliphatic heterocycles. The second-order valence-corrected chi connectivity index (χ2v) is 26.7. The summed E-state index contributed by atoms with van der Waals surface area (Å²) in [7, 11) is -1.73. The van der Waals surface area contributed by atoms with E-state index in [2.05, 4.69) is 215 Å². The van der Waals surface area contributed by atoms with E-state index in [9.17, 15) is 0 Å². The molecule has 2 atom stereocenters. The van der Waals surface area contributed by atoms with E-state index in [4.69, 9.17) is 4.42 Å². The molecule has 2 aliphatic rings. The number of furan rings is 1. The second kappa shape index (κ2) is 14.9. The summed E-state index contributed by atoms with van der Waals surface area (Å²) >= 11 is 0. The number of hydrogen-bond donors (Lipinski definition) is 0. The molecule has 0 bridgehead atoms. The summed E-state index contributed by atoms with van der Waals surface area (Å²) in [6.07, 6.45) is 4.65. The van der Waals surface area contributed by atoms with Crippen molar-refractivity contribution in [2.75, 3.05) is 0 Å². The fourth-order valence-corrected chi connectivity index (χ4v) is 14.0. The Morgan fingerprint density at radius 3 is 2.12 bits per heavy atom. The van der Waals surface area contributed by atoms with Crippen LogP contribution in [0, 0.1) is 12.8 Å². The van der Waals surface area contributed by atoms with Gasteiger partial charge in [-0.2, -0.15) is 13.5 Å². The zero-order chi connectivity index (χ0) is 45.5. The Kier molecular flexibility index (Phi) is 9.26. The van der Waals surface area contributed by atoms with Crippen LogP contribution in [0.2, 0.25) is 19.6 Å². The van der Waals surface area contributed by atoms with E-state index in [0.29, 0.717) is 5.92 Å². The summed E-state index contributed by atoms with van der Waals surface area (Å²) in [5.74, 6) is 1.28. The molecular formula is C61H61N3OSi+2. The van der Waals surface area contributed by atoms with Gasteiger partial charge >= 0.3 is 5.65 Å². The molecular weight excluding hydrogens is 819 g/mol. The van der Waals surface area contributed by atoms with E-state index < -0.39 is 8.07 Å². The molecule has 5 heterocycles. The summed E-state index contributed by atoms with van der Waals surface area (Å²) in [5, 5.41) is 6.48. The van der Waals surface area contributed by atoms with Crippen LogP contribution in [-0.2, 0) is 12.8 Å². The molecule has 0 fully saturated rings. The van der Waals surface area contributed by atoms with Crippen molar-refractivity contribution in [1.82, 2.24) is 4.57 Å². The number of hydrogen-bond acceptors (Lipinski definition) is 1. The lowest BCUT2D eigenvalue weighted by molar-refractivity contribution is -0.715. The first-order chi connectivity index (χ1) is 31.8. The van der Waals surface area contributed by atoms with E-state index in [1.807, 2.05) is 0 Å². The summed E-state index contributed by atoms with van der Waals surface area (Å²) in [4.78, 5) is 0. The van der Waals surface area contributed by atoms with Gasteiger partial charge in [-0.3, -0.25) is 0 Å². The quantitative estimate of drug-likeness (QED) is 0.116. The largest absolute Gasteiger partial charge is 0.455 e. The van der Waals surface area contributed by atoms with Crippen LogP contribution in [0.1, 0.15) is 104 Å². The number of aryl methyl sites for hydroxylation is 1. The number of pyridine rings is 2. The number of fused-ring (bicyclic) bond motifs is 19. The van der Waals surface area contributed by atoms with Crippen molar-refractivity contribution in [3.8, 4) is 28.1 Å². The third-order valence-electron chi connectivity index (χ3n) is 15.1. The van der Waals surface area contributed by atoms with Crippen molar-refractivity contribution >= 4 is 62.7 Å². The normalized spacial score (nSPS) is 15.8. The zero-order valence-electron chi connectivity index (χ0n) is 40.3. The van der Waals surface area contributed by atoms with Crippen molar-refractivity contribution in [2.24, 2.45) is 5.92 Å². The molecule has 0 saturated carbocycles. The maximum atomic E-state index is 7.27. The fraction of sp³-hybridized carbons (Fsp3) is 0.279. The number of aromatic nitrogens is 3. The SMILES string of the molecule is Cc1cc2c3c([n+]4c5ccccc5n(-c5c(C(C)C)cc(-c6ccccc6)cc5C(C)C)c4c2c2oc4ccccc4c12)CC1C3c2ccccc2-c2cc(CC(C)C)c([Si](C)(C)C)c[n+]21. The number of benzene rings is 6. The van der Waals surface area contributed by atoms with Gasteiger partial charge in [0, 0.05) is 44.1 Å². The summed E-state index contributed by atoms with van der Waals surface area (Å²) < 4.78 is 15.4. The number of para-hydroxylation sites is 3. The minimum absolute atomic E-state index is 0.157. The van der Waals surface area contributed by atoms with Crippen LogP contribution in [0.5, 0.6) is 0 Å². The Morgan fingerprint density at radius 2 is 1.39 bits per heavy atom. The van der Waals surface area contributed by atoms with Crippen LogP contribution in [0.15, 0.2) is 138 Å². The lowest BCUT2D eigenvalue weighted by atomic mass is 9.80. The Morgan fingerprint density at radius 1 is 0.712 bits per heavy atom. The molecule has 2 unspecified atom stereocenters. The fourth-order valence-electron chi connectivity index (χ4n) is 12.4. The summed E-state index contributed by atoms with van der Waals surface area (Å²) in [6, 6.07) is 48.5. The van der Waals surface area contributed by atoms with Gasteiger partial charge < -0.3 is 4.42 Å². The highest BCUT2D eigenvalue weighted by atomic mass is 28.3. The highest BCUT2D eigenvalue weighted by Crippen LogP contribution is 2.53. The number of rotatable bonds is 7. The molecule has 6 aromatic carbocycles. The van der Waals surface area contributed by atoms with Crippen LogP contribution >= 0.6 is 0 Å². The molecule has 0 amide bonds. The number of nitrogens with zero attached hydrogens (tertiary/aromatic N) is 3. The van der Waals surface area contributed by atoms with Crippen LogP contribution in [-0.4, -0.2) is 12.6 Å². The van der Waals surface area contributed by atoms with Crippen molar-refractivity contribution in [1.29, 1.82) is 0 Å². The third-order valence-corrected chi connectivity index (χ3v) is 17.2. The summed E-state index contributed by atoms with van der Waals surface area (Å²) in [6.45, 7) is 24.1. The van der Waals surface area contributed by atoms with Crippen LogP contribution in [0.4, 0.5) is 0 Å². The average Bonchev–Trinajstić information content (AvgIpc) is 3.99. The highest BCUT2D eigenvalue weighted by Gasteiger charge is 2.52. The van der Waals surface area contributed by atoms with Gasteiger partial charge in [-0.1, -0.05) is 140 Å². The molecule has 0 saturated heterocycles. The minimum atomic E-state index is -1.73. The monoisotopic (exact) mass is 879 g/mol. The van der Waals surface area contributed by atoms with Crippen molar-refractivity contribution in [2.45, 2.75) is 105 Å². The Hall–Kier alpha value is -6.30. The van der Waals surface area contributed by atoms with Crippen molar-refractivity contribution in [3.63, 3.8) is 0 Å². The topological polar surface area (TPSA) is 26.1 Å². The Labute approximate surface area is 390 Å². The molecule has 0 N–H and O–H groups in total. The van der Waals surface area contributed by atoms with Gasteiger partial charge in [0.2, 0.25) is 5.69 Å². The molecule has 4 nitrogen and oxygen atoms in total. The van der Waals surface area contributed by atoms with E-state index >= 15 is 0 Å². The summed E-state index contributed by atoms with van der Waals surface area (Å²) in [5.41, 5.74) is 21.9. The van der Waals surface area contributed by atoms with Crippen LogP contribution in [0.25, 0.3) is 77.5 Å². The predicted octanol–water partition coefficient (Wildman–Crippen LogP) is 14.6. The van der Waals surface area contributed by atoms with E-state index in [1.54, 1.807) is 5.19 Å². The van der Waals surface area contributed by atoms with Gasteiger partial charge in [-0.05, 0) is 101 Å². The molecule has 12 rings (SSSR count). The molecule has 1 aliphatic carbocycles. The van der Waals surface area contributed by atoms with Gasteiger partial charge in [0.05, 0.1) is 26.0 Å². The zero-order valence-corrected chi connectivity index (χ0v) is 41.3. The first-order valence-corrected chi connectivity index (χ1v) is 28.0. The lowest BCUT2D eigenvalue weighted by Gasteiger charge is -2.29.